The van der Waals surface area contributed by atoms with E-state index in [2.05, 4.69) is 0 Å². The summed E-state index contributed by atoms with van der Waals surface area (Å²) in [6, 6.07) is 12.6. The Hall–Kier alpha value is -2.14. The third-order valence-corrected chi connectivity index (χ3v) is 3.83. The van der Waals surface area contributed by atoms with Crippen molar-refractivity contribution in [1.82, 2.24) is 4.31 Å². The van der Waals surface area contributed by atoms with Crippen molar-refractivity contribution in [3.63, 3.8) is 0 Å². The summed E-state index contributed by atoms with van der Waals surface area (Å²) in [5.74, 6) is -1.27. The predicted molar refractivity (Wildman–Crippen MR) is 69.2 cm³/mol. The molecule has 2 aromatic carbocycles. The molecule has 3 nitrogen and oxygen atoms in total. The van der Waals surface area contributed by atoms with E-state index in [0.29, 0.717) is 11.1 Å². The molecule has 19 heavy (non-hydrogen) atoms. The number of benzene rings is 2. The number of fused-ring (bicyclic) bond motifs is 1. The molecule has 0 radical (unpaired) electrons. The van der Waals surface area contributed by atoms with Crippen molar-refractivity contribution in [3.05, 3.63) is 65.5 Å². The van der Waals surface area contributed by atoms with E-state index >= 15 is 0 Å². The Kier molecular flexibility index (Phi) is 2.83. The van der Waals surface area contributed by atoms with Gasteiger partial charge in [-0.05, 0) is 24.3 Å². The quantitative estimate of drug-likeness (QED) is 0.623. The number of rotatable bonds is 2. The van der Waals surface area contributed by atoms with Crippen molar-refractivity contribution in [2.45, 2.75) is 4.90 Å². The zero-order chi connectivity index (χ0) is 13.4. The van der Waals surface area contributed by atoms with Crippen LogP contribution in [0.2, 0.25) is 0 Å². The van der Waals surface area contributed by atoms with Gasteiger partial charge in [0.05, 0.1) is 16.0 Å². The first-order valence-corrected chi connectivity index (χ1v) is 6.36. The average molecular weight is 273 g/mol. The van der Waals surface area contributed by atoms with Gasteiger partial charge in [0, 0.05) is 11.9 Å². The summed E-state index contributed by atoms with van der Waals surface area (Å²) in [5.41, 5.74) is 0.715. The van der Waals surface area contributed by atoms with Crippen LogP contribution in [-0.2, 0) is 0 Å². The van der Waals surface area contributed by atoms with Crippen molar-refractivity contribution in [1.29, 1.82) is 0 Å². The van der Waals surface area contributed by atoms with E-state index in [1.165, 1.54) is 12.1 Å². The van der Waals surface area contributed by atoms with Crippen LogP contribution in [0.5, 0.6) is 0 Å². The maximum atomic E-state index is 13.6. The molecule has 0 unspecified atom stereocenters. The number of imide groups is 1. The van der Waals surface area contributed by atoms with E-state index in [0.717, 1.165) is 16.3 Å². The molecule has 0 aromatic heterocycles. The molecular weight excluding hydrogens is 265 g/mol. The highest BCUT2D eigenvalue weighted by molar-refractivity contribution is 7.98. The fraction of sp³-hybridized carbons (Fsp3) is 0. The van der Waals surface area contributed by atoms with Gasteiger partial charge in [-0.25, -0.2) is 8.70 Å². The fourth-order valence-electron chi connectivity index (χ4n) is 1.87. The van der Waals surface area contributed by atoms with Crippen LogP contribution in [0.4, 0.5) is 4.39 Å². The van der Waals surface area contributed by atoms with Crippen LogP contribution in [0.15, 0.2) is 53.4 Å². The molecule has 0 atom stereocenters. The molecule has 2 aromatic rings. The Labute approximate surface area is 113 Å². The Morgan fingerprint density at radius 2 is 1.37 bits per heavy atom. The van der Waals surface area contributed by atoms with Crippen molar-refractivity contribution in [3.8, 4) is 0 Å². The Bertz CT molecular complexity index is 652. The van der Waals surface area contributed by atoms with Crippen LogP contribution in [0.3, 0.4) is 0 Å². The minimum absolute atomic E-state index is 0.247. The fourth-order valence-corrected chi connectivity index (χ4v) is 2.72. The van der Waals surface area contributed by atoms with E-state index in [9.17, 15) is 14.0 Å². The summed E-state index contributed by atoms with van der Waals surface area (Å²) in [5, 5.41) is 0. The molecule has 0 spiro atoms. The van der Waals surface area contributed by atoms with Gasteiger partial charge in [0.25, 0.3) is 11.8 Å². The second kappa shape index (κ2) is 4.51. The van der Waals surface area contributed by atoms with Gasteiger partial charge in [0.1, 0.15) is 5.82 Å². The molecule has 0 N–H and O–H groups in total. The molecule has 3 rings (SSSR count). The third kappa shape index (κ3) is 1.92. The third-order valence-electron chi connectivity index (χ3n) is 2.78. The SMILES string of the molecule is O=C1c2ccccc2C(=O)N1Sc1ccccc1F. The topological polar surface area (TPSA) is 37.4 Å². The number of amides is 2. The summed E-state index contributed by atoms with van der Waals surface area (Å²) >= 11 is 0.810. The normalized spacial score (nSPS) is 13.8. The van der Waals surface area contributed by atoms with Gasteiger partial charge in [-0.15, -0.1) is 0 Å². The largest absolute Gasteiger partial charge is 0.272 e. The summed E-state index contributed by atoms with van der Waals surface area (Å²) in [6.45, 7) is 0. The van der Waals surface area contributed by atoms with Crippen LogP contribution in [0.1, 0.15) is 20.7 Å². The number of halogens is 1. The Morgan fingerprint density at radius 3 is 1.95 bits per heavy atom. The smallest absolute Gasteiger partial charge is 0.268 e. The standard InChI is InChI=1S/C14H8FNO2S/c15-11-7-3-4-8-12(11)19-16-13(17)9-5-1-2-6-10(9)14(16)18/h1-8H. The van der Waals surface area contributed by atoms with Gasteiger partial charge < -0.3 is 0 Å². The van der Waals surface area contributed by atoms with Crippen LogP contribution in [0.25, 0.3) is 0 Å². The lowest BCUT2D eigenvalue weighted by atomic mass is 10.1. The lowest BCUT2D eigenvalue weighted by Gasteiger charge is -2.12. The van der Waals surface area contributed by atoms with Gasteiger partial charge in [0.15, 0.2) is 0 Å². The molecule has 5 heteroatoms. The molecule has 2 amide bonds. The first kappa shape index (κ1) is 11.9. The maximum Gasteiger partial charge on any atom is 0.272 e. The van der Waals surface area contributed by atoms with E-state index in [1.807, 2.05) is 0 Å². The molecule has 0 fully saturated rings. The molecule has 94 valence electrons. The van der Waals surface area contributed by atoms with Crippen molar-refractivity contribution < 1.29 is 14.0 Å². The van der Waals surface area contributed by atoms with Crippen molar-refractivity contribution in [2.75, 3.05) is 0 Å². The first-order chi connectivity index (χ1) is 9.18. The van der Waals surface area contributed by atoms with E-state index in [1.54, 1.807) is 36.4 Å². The van der Waals surface area contributed by atoms with E-state index in [4.69, 9.17) is 0 Å². The monoisotopic (exact) mass is 273 g/mol. The second-order valence-electron chi connectivity index (χ2n) is 3.97. The maximum absolute atomic E-state index is 13.6. The Morgan fingerprint density at radius 1 is 0.842 bits per heavy atom. The van der Waals surface area contributed by atoms with Gasteiger partial charge >= 0.3 is 0 Å². The number of hydrogen-bond donors (Lipinski definition) is 0. The second-order valence-corrected chi connectivity index (χ2v) is 4.96. The number of carbonyl (C=O) groups is 2. The zero-order valence-corrected chi connectivity index (χ0v) is 10.5. The molecular formula is C14H8FNO2S. The Balaban J connectivity index is 1.95. The van der Waals surface area contributed by atoms with Crippen LogP contribution in [0, 0.1) is 5.82 Å². The molecule has 1 aliphatic rings. The molecule has 0 saturated heterocycles. The molecule has 0 aliphatic carbocycles. The van der Waals surface area contributed by atoms with E-state index in [-0.39, 0.29) is 4.90 Å². The molecule has 1 heterocycles. The molecule has 0 saturated carbocycles. The number of nitrogens with zero attached hydrogens (tertiary/aromatic N) is 1. The minimum atomic E-state index is -0.455. The van der Waals surface area contributed by atoms with Gasteiger partial charge in [-0.2, -0.15) is 0 Å². The zero-order valence-electron chi connectivity index (χ0n) is 9.67. The van der Waals surface area contributed by atoms with E-state index < -0.39 is 17.6 Å². The molecule has 0 bridgehead atoms. The molecule has 1 aliphatic heterocycles. The summed E-state index contributed by atoms with van der Waals surface area (Å²) in [6.07, 6.45) is 0. The van der Waals surface area contributed by atoms with Crippen molar-refractivity contribution >= 4 is 23.8 Å². The lowest BCUT2D eigenvalue weighted by molar-refractivity contribution is 0.0777. The highest BCUT2D eigenvalue weighted by Crippen LogP contribution is 2.33. The van der Waals surface area contributed by atoms with Crippen LogP contribution < -0.4 is 0 Å². The predicted octanol–water partition coefficient (Wildman–Crippen LogP) is 3.13. The van der Waals surface area contributed by atoms with Crippen LogP contribution >= 0.6 is 11.9 Å². The van der Waals surface area contributed by atoms with Gasteiger partial charge in [-0.3, -0.25) is 9.59 Å². The lowest BCUT2D eigenvalue weighted by Crippen LogP contribution is -2.22. The average Bonchev–Trinajstić information content (AvgIpc) is 2.67. The summed E-state index contributed by atoms with van der Waals surface area (Å²) in [7, 11) is 0. The summed E-state index contributed by atoms with van der Waals surface area (Å²) < 4.78 is 14.5. The number of carbonyl (C=O) groups excluding carboxylic acids is 2. The highest BCUT2D eigenvalue weighted by Gasteiger charge is 2.36. The van der Waals surface area contributed by atoms with Crippen molar-refractivity contribution in [2.24, 2.45) is 0 Å². The minimum Gasteiger partial charge on any atom is -0.268 e. The van der Waals surface area contributed by atoms with Gasteiger partial charge in [-0.1, -0.05) is 24.3 Å². The van der Waals surface area contributed by atoms with Gasteiger partial charge in [0.2, 0.25) is 0 Å². The highest BCUT2D eigenvalue weighted by atomic mass is 32.2. The summed E-state index contributed by atoms with van der Waals surface area (Å²) in [4.78, 5) is 24.4. The van der Waals surface area contributed by atoms with Crippen LogP contribution in [-0.4, -0.2) is 16.1 Å². The first-order valence-electron chi connectivity index (χ1n) is 5.59. The number of hydrogen-bond acceptors (Lipinski definition) is 3.